The number of fused-ring (bicyclic) bond motifs is 1. The van der Waals surface area contributed by atoms with Crippen LogP contribution in [0.15, 0.2) is 66.7 Å². The molecule has 4 aromatic rings. The largest absolute Gasteiger partial charge is 0.279 e. The maximum absolute atomic E-state index is 13.6. The van der Waals surface area contributed by atoms with Gasteiger partial charge in [-0.2, -0.15) is 0 Å². The van der Waals surface area contributed by atoms with Gasteiger partial charge in [-0.1, -0.05) is 58.9 Å². The highest BCUT2D eigenvalue weighted by molar-refractivity contribution is 7.22. The Morgan fingerprint density at radius 1 is 1.00 bits per heavy atom. The number of anilines is 1. The Labute approximate surface area is 167 Å². The molecule has 0 aliphatic heterocycles. The average Bonchev–Trinajstić information content (AvgIpc) is 3.08. The molecular formula is C23H19FN2OS. The van der Waals surface area contributed by atoms with Crippen molar-refractivity contribution in [3.8, 4) is 0 Å². The van der Waals surface area contributed by atoms with Gasteiger partial charge in [0.2, 0.25) is 0 Å². The standard InChI is InChI=1S/C23H19FN2OS/c1-15-10-16(2)12-18(11-15)22(27)26(14-17-6-4-3-5-7-17)23-25-20-9-8-19(24)13-21(20)28-23/h3-13H,14H2,1-2H3. The Bertz CT molecular complexity index is 1130. The second kappa shape index (κ2) is 7.52. The maximum atomic E-state index is 13.6. The molecule has 1 amide bonds. The zero-order valence-corrected chi connectivity index (χ0v) is 16.5. The molecule has 0 unspecified atom stereocenters. The number of rotatable bonds is 4. The summed E-state index contributed by atoms with van der Waals surface area (Å²) in [6.07, 6.45) is 0. The van der Waals surface area contributed by atoms with Gasteiger partial charge in [-0.05, 0) is 49.7 Å². The summed E-state index contributed by atoms with van der Waals surface area (Å²) in [5, 5.41) is 0.564. The number of aromatic nitrogens is 1. The first kappa shape index (κ1) is 18.3. The van der Waals surface area contributed by atoms with Crippen LogP contribution in [0.1, 0.15) is 27.0 Å². The number of halogens is 1. The van der Waals surface area contributed by atoms with Gasteiger partial charge in [0, 0.05) is 5.56 Å². The third-order valence-corrected chi connectivity index (χ3v) is 5.51. The predicted octanol–water partition coefficient (Wildman–Crippen LogP) is 5.90. The van der Waals surface area contributed by atoms with Crippen molar-refractivity contribution in [2.45, 2.75) is 20.4 Å². The smallest absolute Gasteiger partial charge is 0.260 e. The van der Waals surface area contributed by atoms with E-state index in [1.54, 1.807) is 11.0 Å². The summed E-state index contributed by atoms with van der Waals surface area (Å²) < 4.78 is 14.3. The Morgan fingerprint density at radius 2 is 1.71 bits per heavy atom. The zero-order valence-electron chi connectivity index (χ0n) is 15.6. The summed E-state index contributed by atoms with van der Waals surface area (Å²) in [5.74, 6) is -0.423. The van der Waals surface area contributed by atoms with Crippen molar-refractivity contribution >= 4 is 32.6 Å². The summed E-state index contributed by atoms with van der Waals surface area (Å²) in [6.45, 7) is 4.35. The summed E-state index contributed by atoms with van der Waals surface area (Å²) in [5.41, 5.74) is 4.39. The van der Waals surface area contributed by atoms with Crippen LogP contribution in [0, 0.1) is 19.7 Å². The predicted molar refractivity (Wildman–Crippen MR) is 112 cm³/mol. The van der Waals surface area contributed by atoms with E-state index in [-0.39, 0.29) is 11.7 Å². The van der Waals surface area contributed by atoms with Crippen LogP contribution >= 0.6 is 11.3 Å². The molecule has 5 heteroatoms. The molecule has 0 radical (unpaired) electrons. The third kappa shape index (κ3) is 3.80. The van der Waals surface area contributed by atoms with Gasteiger partial charge in [-0.3, -0.25) is 9.69 Å². The van der Waals surface area contributed by atoms with Crippen LogP contribution in [0.5, 0.6) is 0 Å². The van der Waals surface area contributed by atoms with Crippen molar-refractivity contribution < 1.29 is 9.18 Å². The highest BCUT2D eigenvalue weighted by Gasteiger charge is 2.22. The summed E-state index contributed by atoms with van der Waals surface area (Å²) in [6, 6.07) is 20.1. The molecule has 3 aromatic carbocycles. The van der Waals surface area contributed by atoms with E-state index in [0.717, 1.165) is 21.4 Å². The van der Waals surface area contributed by atoms with E-state index in [2.05, 4.69) is 4.98 Å². The Balaban J connectivity index is 1.79. The van der Waals surface area contributed by atoms with E-state index in [4.69, 9.17) is 0 Å². The number of nitrogens with zero attached hydrogens (tertiary/aromatic N) is 2. The molecular weight excluding hydrogens is 371 g/mol. The van der Waals surface area contributed by atoms with Crippen molar-refractivity contribution in [3.63, 3.8) is 0 Å². The van der Waals surface area contributed by atoms with Crippen LogP contribution in [0.3, 0.4) is 0 Å². The fourth-order valence-corrected chi connectivity index (χ4v) is 4.24. The Morgan fingerprint density at radius 3 is 2.43 bits per heavy atom. The molecule has 4 rings (SSSR count). The number of amides is 1. The van der Waals surface area contributed by atoms with Gasteiger partial charge in [-0.25, -0.2) is 9.37 Å². The molecule has 0 aliphatic carbocycles. The van der Waals surface area contributed by atoms with Gasteiger partial charge in [0.05, 0.1) is 16.8 Å². The molecule has 1 heterocycles. The topological polar surface area (TPSA) is 33.2 Å². The van der Waals surface area contributed by atoms with Crippen LogP contribution in [0.25, 0.3) is 10.2 Å². The number of carbonyl (C=O) groups is 1. The van der Waals surface area contributed by atoms with Crippen LogP contribution < -0.4 is 4.90 Å². The van der Waals surface area contributed by atoms with Crippen molar-refractivity contribution in [2.75, 3.05) is 4.90 Å². The van der Waals surface area contributed by atoms with E-state index >= 15 is 0 Å². The van der Waals surface area contributed by atoms with Gasteiger partial charge in [0.1, 0.15) is 5.82 Å². The number of hydrogen-bond acceptors (Lipinski definition) is 3. The van der Waals surface area contributed by atoms with Crippen molar-refractivity contribution in [3.05, 3.63) is 94.8 Å². The molecule has 0 saturated heterocycles. The lowest BCUT2D eigenvalue weighted by molar-refractivity contribution is 0.0985. The monoisotopic (exact) mass is 390 g/mol. The Hall–Kier alpha value is -3.05. The molecule has 0 bridgehead atoms. The maximum Gasteiger partial charge on any atom is 0.260 e. The van der Waals surface area contributed by atoms with Crippen LogP contribution in [0.2, 0.25) is 0 Å². The number of hydrogen-bond donors (Lipinski definition) is 0. The zero-order chi connectivity index (χ0) is 19.7. The minimum atomic E-state index is -0.307. The van der Waals surface area contributed by atoms with Crippen molar-refractivity contribution in [1.29, 1.82) is 0 Å². The molecule has 140 valence electrons. The highest BCUT2D eigenvalue weighted by Crippen LogP contribution is 2.31. The second-order valence-corrected chi connectivity index (χ2v) is 7.87. The first-order valence-corrected chi connectivity index (χ1v) is 9.81. The number of thiazole rings is 1. The lowest BCUT2D eigenvalue weighted by Crippen LogP contribution is -2.30. The minimum Gasteiger partial charge on any atom is -0.279 e. The fraction of sp³-hybridized carbons (Fsp3) is 0.130. The molecule has 0 fully saturated rings. The summed E-state index contributed by atoms with van der Waals surface area (Å²) >= 11 is 1.32. The molecule has 3 nitrogen and oxygen atoms in total. The van der Waals surface area contributed by atoms with E-state index in [1.807, 2.05) is 62.4 Å². The molecule has 0 atom stereocenters. The van der Waals surface area contributed by atoms with Crippen LogP contribution in [-0.2, 0) is 6.54 Å². The van der Waals surface area contributed by atoms with Gasteiger partial charge in [0.15, 0.2) is 5.13 Å². The van der Waals surface area contributed by atoms with Gasteiger partial charge in [-0.15, -0.1) is 0 Å². The first-order valence-electron chi connectivity index (χ1n) is 9.00. The summed E-state index contributed by atoms with van der Waals surface area (Å²) in [7, 11) is 0. The third-order valence-electron chi connectivity index (χ3n) is 4.47. The van der Waals surface area contributed by atoms with Gasteiger partial charge < -0.3 is 0 Å². The van der Waals surface area contributed by atoms with Crippen molar-refractivity contribution in [2.24, 2.45) is 0 Å². The second-order valence-electron chi connectivity index (χ2n) is 6.86. The van der Waals surface area contributed by atoms with Crippen LogP contribution in [0.4, 0.5) is 9.52 Å². The minimum absolute atomic E-state index is 0.116. The molecule has 0 N–H and O–H groups in total. The fourth-order valence-electron chi connectivity index (χ4n) is 3.25. The molecule has 28 heavy (non-hydrogen) atoms. The lowest BCUT2D eigenvalue weighted by atomic mass is 10.1. The molecule has 0 spiro atoms. The SMILES string of the molecule is Cc1cc(C)cc(C(=O)N(Cc2ccccc2)c2nc3ccc(F)cc3s2)c1. The molecule has 0 aliphatic rings. The van der Waals surface area contributed by atoms with Crippen LogP contribution in [-0.4, -0.2) is 10.9 Å². The van der Waals surface area contributed by atoms with Gasteiger partial charge >= 0.3 is 0 Å². The number of aryl methyl sites for hydroxylation is 2. The molecule has 1 aromatic heterocycles. The quantitative estimate of drug-likeness (QED) is 0.435. The summed E-state index contributed by atoms with van der Waals surface area (Å²) in [4.78, 5) is 19.7. The lowest BCUT2D eigenvalue weighted by Gasteiger charge is -2.20. The average molecular weight is 390 g/mol. The van der Waals surface area contributed by atoms with E-state index in [9.17, 15) is 9.18 Å². The van der Waals surface area contributed by atoms with Gasteiger partial charge in [0.25, 0.3) is 5.91 Å². The van der Waals surface area contributed by atoms with E-state index < -0.39 is 0 Å². The Kier molecular flexibility index (Phi) is 4.92. The highest BCUT2D eigenvalue weighted by atomic mass is 32.1. The molecule has 0 saturated carbocycles. The number of benzene rings is 3. The van der Waals surface area contributed by atoms with E-state index in [1.165, 1.54) is 23.5 Å². The first-order chi connectivity index (χ1) is 13.5. The van der Waals surface area contributed by atoms with E-state index in [0.29, 0.717) is 22.8 Å². The number of carbonyl (C=O) groups excluding carboxylic acids is 1. The van der Waals surface area contributed by atoms with Crippen molar-refractivity contribution in [1.82, 2.24) is 4.98 Å². The normalized spacial score (nSPS) is 11.0.